The zero-order valence-electron chi connectivity index (χ0n) is 30.0. The Balaban J connectivity index is 1.05. The van der Waals surface area contributed by atoms with Crippen LogP contribution in [0.2, 0.25) is 0 Å². The zero-order chi connectivity index (χ0) is 36.7. The lowest BCUT2D eigenvalue weighted by atomic mass is 9.92. The van der Waals surface area contributed by atoms with Crippen LogP contribution in [-0.2, 0) is 0 Å². The summed E-state index contributed by atoms with van der Waals surface area (Å²) in [5, 5.41) is 9.29. The Morgan fingerprint density at radius 2 is 1.04 bits per heavy atom. The van der Waals surface area contributed by atoms with Gasteiger partial charge in [0.2, 0.25) is 0 Å². The maximum Gasteiger partial charge on any atom is 0.164 e. The van der Waals surface area contributed by atoms with Gasteiger partial charge in [-0.15, -0.1) is 0 Å². The molecule has 5 heteroatoms. The Kier molecular flexibility index (Phi) is 6.56. The molecule has 1 aliphatic rings. The van der Waals surface area contributed by atoms with Gasteiger partial charge in [0.05, 0.1) is 11.0 Å². The lowest BCUT2D eigenvalue weighted by Crippen LogP contribution is -2.03. The SMILES string of the molecule is c1ccc(-c2nc(-c3ccc4ccccc4c3)nc(-c3ccc4c5c(cccc35)-c3cc(-n5c6ccccc6c6cc7ccccc7cc65)ccc3O4)n2)cc1. The van der Waals surface area contributed by atoms with E-state index in [1.54, 1.807) is 0 Å². The summed E-state index contributed by atoms with van der Waals surface area (Å²) in [6, 6.07) is 63.9. The molecule has 0 radical (unpaired) electrons. The number of hydrogen-bond donors (Lipinski definition) is 0. The van der Waals surface area contributed by atoms with Gasteiger partial charge in [-0.05, 0) is 87.1 Å². The van der Waals surface area contributed by atoms with Crippen LogP contribution in [0.25, 0.3) is 105 Å². The number of para-hydroxylation sites is 1. The van der Waals surface area contributed by atoms with Crippen molar-refractivity contribution in [2.24, 2.45) is 0 Å². The Morgan fingerprint density at radius 1 is 0.357 bits per heavy atom. The molecule has 0 atom stereocenters. The molecule has 0 unspecified atom stereocenters. The number of rotatable bonds is 4. The van der Waals surface area contributed by atoms with E-state index in [0.717, 1.165) is 61.2 Å². The van der Waals surface area contributed by atoms with Gasteiger partial charge in [0.1, 0.15) is 11.5 Å². The molecule has 2 aromatic heterocycles. The van der Waals surface area contributed by atoms with Crippen LogP contribution in [0, 0.1) is 0 Å². The predicted molar refractivity (Wildman–Crippen MR) is 229 cm³/mol. The molecule has 0 aliphatic carbocycles. The van der Waals surface area contributed by atoms with Crippen LogP contribution in [0.15, 0.2) is 182 Å². The third-order valence-electron chi connectivity index (χ3n) is 11.2. The molecule has 5 nitrogen and oxygen atoms in total. The predicted octanol–water partition coefficient (Wildman–Crippen LogP) is 13.2. The van der Waals surface area contributed by atoms with Crippen molar-refractivity contribution >= 4 is 54.1 Å². The number of nitrogens with zero attached hydrogens (tertiary/aromatic N) is 4. The molecular formula is C51H30N4O. The Morgan fingerprint density at radius 3 is 1.89 bits per heavy atom. The number of hydrogen-bond acceptors (Lipinski definition) is 4. The highest BCUT2D eigenvalue weighted by molar-refractivity contribution is 6.14. The summed E-state index contributed by atoms with van der Waals surface area (Å²) in [6.45, 7) is 0. The highest BCUT2D eigenvalue weighted by atomic mass is 16.5. The molecule has 0 N–H and O–H groups in total. The topological polar surface area (TPSA) is 52.8 Å². The monoisotopic (exact) mass is 714 g/mol. The van der Waals surface area contributed by atoms with Crippen molar-refractivity contribution in [2.45, 2.75) is 0 Å². The smallest absolute Gasteiger partial charge is 0.164 e. The van der Waals surface area contributed by atoms with Crippen LogP contribution in [0.5, 0.6) is 11.5 Å². The maximum absolute atomic E-state index is 6.71. The van der Waals surface area contributed by atoms with Gasteiger partial charge in [-0.1, -0.05) is 127 Å². The van der Waals surface area contributed by atoms with E-state index in [4.69, 9.17) is 19.7 Å². The average Bonchev–Trinajstić information content (AvgIpc) is 3.58. The molecule has 12 rings (SSSR count). The van der Waals surface area contributed by atoms with E-state index in [2.05, 4.69) is 156 Å². The first-order chi connectivity index (χ1) is 27.7. The normalized spacial score (nSPS) is 12.1. The molecule has 0 spiro atoms. The fraction of sp³-hybridized carbons (Fsp3) is 0. The Bertz CT molecular complexity index is 3400. The Hall–Kier alpha value is -7.63. The largest absolute Gasteiger partial charge is 0.456 e. The quantitative estimate of drug-likeness (QED) is 0.182. The second-order valence-electron chi connectivity index (χ2n) is 14.4. The first kappa shape index (κ1) is 30.8. The van der Waals surface area contributed by atoms with Gasteiger partial charge in [0, 0.05) is 44.1 Å². The third kappa shape index (κ3) is 4.71. The van der Waals surface area contributed by atoms with E-state index in [-0.39, 0.29) is 0 Å². The van der Waals surface area contributed by atoms with Crippen LogP contribution >= 0.6 is 0 Å². The number of ether oxygens (including phenoxy) is 1. The van der Waals surface area contributed by atoms with Gasteiger partial charge in [-0.25, -0.2) is 15.0 Å². The van der Waals surface area contributed by atoms with E-state index >= 15 is 0 Å². The van der Waals surface area contributed by atoms with Crippen LogP contribution in [0.4, 0.5) is 0 Å². The van der Waals surface area contributed by atoms with Gasteiger partial charge >= 0.3 is 0 Å². The molecule has 0 fully saturated rings. The van der Waals surface area contributed by atoms with Gasteiger partial charge in [0.25, 0.3) is 0 Å². The second-order valence-corrected chi connectivity index (χ2v) is 14.4. The highest BCUT2D eigenvalue weighted by Crippen LogP contribution is 2.49. The van der Waals surface area contributed by atoms with Gasteiger partial charge in [-0.2, -0.15) is 0 Å². The van der Waals surface area contributed by atoms with Crippen molar-refractivity contribution in [3.05, 3.63) is 182 Å². The molecule has 9 aromatic carbocycles. The minimum absolute atomic E-state index is 0.614. The molecule has 0 amide bonds. The minimum atomic E-state index is 0.614. The fourth-order valence-corrected chi connectivity index (χ4v) is 8.56. The van der Waals surface area contributed by atoms with Crippen molar-refractivity contribution in [3.63, 3.8) is 0 Å². The number of benzene rings is 9. The summed E-state index contributed by atoms with van der Waals surface area (Å²) in [5.74, 6) is 3.52. The van der Waals surface area contributed by atoms with Crippen molar-refractivity contribution < 1.29 is 4.74 Å². The Labute approximate surface area is 321 Å². The first-order valence-electron chi connectivity index (χ1n) is 18.8. The van der Waals surface area contributed by atoms with Crippen LogP contribution < -0.4 is 4.74 Å². The van der Waals surface area contributed by atoms with Crippen molar-refractivity contribution in [1.82, 2.24) is 19.5 Å². The lowest BCUT2D eigenvalue weighted by molar-refractivity contribution is 0.487. The second kappa shape index (κ2) is 11.9. The van der Waals surface area contributed by atoms with Gasteiger partial charge in [-0.3, -0.25) is 0 Å². The van der Waals surface area contributed by atoms with Gasteiger partial charge < -0.3 is 9.30 Å². The standard InChI is InChI=1S/C51H30N4O/c1-2-12-32(13-3-1)49-52-50(36-22-21-31-11-4-5-14-33(31)27-36)54-51(53-49)41-24-26-47-48-39(41)18-10-19-40(48)43-30-37(23-25-46(43)56-47)55-44-20-9-8-17-38(44)42-28-34-15-6-7-16-35(34)29-45(42)55/h1-30H. The summed E-state index contributed by atoms with van der Waals surface area (Å²) in [5.41, 5.74) is 8.37. The third-order valence-corrected chi connectivity index (χ3v) is 11.2. The molecule has 0 bridgehead atoms. The number of fused-ring (bicyclic) bond motifs is 7. The molecular weight excluding hydrogens is 685 g/mol. The van der Waals surface area contributed by atoms with Crippen molar-refractivity contribution in [3.8, 4) is 62.5 Å². The summed E-state index contributed by atoms with van der Waals surface area (Å²) in [7, 11) is 0. The molecule has 11 aromatic rings. The molecule has 1 aliphatic heterocycles. The number of aromatic nitrogens is 4. The van der Waals surface area contributed by atoms with Gasteiger partial charge in [0.15, 0.2) is 17.5 Å². The summed E-state index contributed by atoms with van der Waals surface area (Å²) < 4.78 is 9.09. The lowest BCUT2D eigenvalue weighted by Gasteiger charge is -2.23. The summed E-state index contributed by atoms with van der Waals surface area (Å²) in [4.78, 5) is 15.3. The maximum atomic E-state index is 6.71. The molecule has 56 heavy (non-hydrogen) atoms. The van der Waals surface area contributed by atoms with E-state index in [9.17, 15) is 0 Å². The van der Waals surface area contributed by atoms with E-state index < -0.39 is 0 Å². The van der Waals surface area contributed by atoms with Crippen LogP contribution in [0.1, 0.15) is 0 Å². The zero-order valence-corrected chi connectivity index (χ0v) is 30.0. The molecule has 0 saturated heterocycles. The van der Waals surface area contributed by atoms with E-state index in [0.29, 0.717) is 17.5 Å². The van der Waals surface area contributed by atoms with Crippen LogP contribution in [0.3, 0.4) is 0 Å². The summed E-state index contributed by atoms with van der Waals surface area (Å²) in [6.07, 6.45) is 0. The first-order valence-corrected chi connectivity index (χ1v) is 18.8. The average molecular weight is 715 g/mol. The molecule has 0 saturated carbocycles. The van der Waals surface area contributed by atoms with Crippen molar-refractivity contribution in [1.29, 1.82) is 0 Å². The molecule has 3 heterocycles. The highest BCUT2D eigenvalue weighted by Gasteiger charge is 2.24. The fourth-order valence-electron chi connectivity index (χ4n) is 8.56. The summed E-state index contributed by atoms with van der Waals surface area (Å²) >= 11 is 0. The van der Waals surface area contributed by atoms with E-state index in [1.165, 1.54) is 38.0 Å². The molecule has 260 valence electrons. The van der Waals surface area contributed by atoms with Crippen LogP contribution in [-0.4, -0.2) is 19.5 Å². The van der Waals surface area contributed by atoms with E-state index in [1.807, 2.05) is 30.3 Å². The minimum Gasteiger partial charge on any atom is -0.456 e. The van der Waals surface area contributed by atoms with Crippen molar-refractivity contribution in [2.75, 3.05) is 0 Å².